The highest BCUT2D eigenvalue weighted by Crippen LogP contribution is 2.12. The maximum absolute atomic E-state index is 12.3. The van der Waals surface area contributed by atoms with E-state index in [9.17, 15) is 9.59 Å². The number of hydrogen-bond donors (Lipinski definition) is 1. The van der Waals surface area contributed by atoms with Crippen LogP contribution in [0.4, 0.5) is 10.5 Å². The quantitative estimate of drug-likeness (QED) is 0.776. The van der Waals surface area contributed by atoms with Crippen LogP contribution in [0.1, 0.15) is 19.4 Å². The molecule has 2 heterocycles. The van der Waals surface area contributed by atoms with Crippen LogP contribution in [-0.2, 0) is 6.54 Å². The molecule has 2 amide bonds. The van der Waals surface area contributed by atoms with Crippen molar-refractivity contribution in [3.05, 3.63) is 64.7 Å². The van der Waals surface area contributed by atoms with Crippen LogP contribution in [0.25, 0.3) is 5.65 Å². The minimum Gasteiger partial charge on any atom is -0.325 e. The van der Waals surface area contributed by atoms with E-state index in [1.165, 1.54) is 9.08 Å². The zero-order valence-electron chi connectivity index (χ0n) is 14.3. The average molecular weight is 339 g/mol. The molecule has 0 spiro atoms. The summed E-state index contributed by atoms with van der Waals surface area (Å²) >= 11 is 0. The first-order chi connectivity index (χ1) is 12.1. The molecule has 0 saturated heterocycles. The van der Waals surface area contributed by atoms with Crippen molar-refractivity contribution in [3.8, 4) is 0 Å². The van der Waals surface area contributed by atoms with Crippen LogP contribution >= 0.6 is 0 Å². The molecule has 7 nitrogen and oxygen atoms in total. The summed E-state index contributed by atoms with van der Waals surface area (Å²) in [5.41, 5.74) is 2.01. The van der Waals surface area contributed by atoms with Gasteiger partial charge in [-0.05, 0) is 43.7 Å². The monoisotopic (exact) mass is 339 g/mol. The van der Waals surface area contributed by atoms with Crippen LogP contribution in [0, 0.1) is 0 Å². The Morgan fingerprint density at radius 1 is 1.16 bits per heavy atom. The number of pyridine rings is 1. The number of benzene rings is 1. The largest absolute Gasteiger partial charge is 0.350 e. The van der Waals surface area contributed by atoms with E-state index in [-0.39, 0.29) is 11.7 Å². The van der Waals surface area contributed by atoms with Gasteiger partial charge in [-0.2, -0.15) is 0 Å². The molecule has 7 heteroatoms. The van der Waals surface area contributed by atoms with Gasteiger partial charge in [-0.15, -0.1) is 5.10 Å². The van der Waals surface area contributed by atoms with Gasteiger partial charge in [0.1, 0.15) is 0 Å². The molecular weight excluding hydrogens is 318 g/mol. The molecule has 0 aliphatic carbocycles. The zero-order chi connectivity index (χ0) is 17.8. The Labute approximate surface area is 145 Å². The topological polar surface area (TPSA) is 71.6 Å². The average Bonchev–Trinajstić information content (AvgIpc) is 2.92. The SMILES string of the molecule is CCN(CC)C(=O)Nc1cccc(Cn2nc3ccccn3c2=O)c1. The predicted octanol–water partition coefficient (Wildman–Crippen LogP) is 2.42. The van der Waals surface area contributed by atoms with Gasteiger partial charge in [0.15, 0.2) is 5.65 Å². The smallest absolute Gasteiger partial charge is 0.325 e. The number of amides is 2. The molecule has 0 radical (unpaired) electrons. The van der Waals surface area contributed by atoms with Gasteiger partial charge >= 0.3 is 11.7 Å². The highest BCUT2D eigenvalue weighted by atomic mass is 16.2. The van der Waals surface area contributed by atoms with E-state index in [0.29, 0.717) is 31.0 Å². The summed E-state index contributed by atoms with van der Waals surface area (Å²) in [6.07, 6.45) is 1.70. The summed E-state index contributed by atoms with van der Waals surface area (Å²) < 4.78 is 2.92. The predicted molar refractivity (Wildman–Crippen MR) is 96.9 cm³/mol. The molecule has 0 bridgehead atoms. The molecule has 0 unspecified atom stereocenters. The Morgan fingerprint density at radius 2 is 1.96 bits per heavy atom. The van der Waals surface area contributed by atoms with Gasteiger partial charge in [-0.25, -0.2) is 14.3 Å². The van der Waals surface area contributed by atoms with E-state index >= 15 is 0 Å². The van der Waals surface area contributed by atoms with Gasteiger partial charge < -0.3 is 10.2 Å². The number of nitrogens with one attached hydrogen (secondary N) is 1. The van der Waals surface area contributed by atoms with Crippen LogP contribution in [0.2, 0.25) is 0 Å². The molecular formula is C18H21N5O2. The Kier molecular flexibility index (Phi) is 4.83. The van der Waals surface area contributed by atoms with E-state index in [0.717, 1.165) is 5.56 Å². The third-order valence-electron chi connectivity index (χ3n) is 4.05. The maximum atomic E-state index is 12.3. The van der Waals surface area contributed by atoms with Crippen molar-refractivity contribution in [1.29, 1.82) is 0 Å². The zero-order valence-corrected chi connectivity index (χ0v) is 14.3. The van der Waals surface area contributed by atoms with Gasteiger partial charge in [0.25, 0.3) is 0 Å². The number of urea groups is 1. The third-order valence-corrected chi connectivity index (χ3v) is 4.05. The highest BCUT2D eigenvalue weighted by Gasteiger charge is 2.10. The number of carbonyl (C=O) groups is 1. The molecule has 0 aliphatic heterocycles. The Morgan fingerprint density at radius 3 is 2.68 bits per heavy atom. The molecule has 25 heavy (non-hydrogen) atoms. The summed E-state index contributed by atoms with van der Waals surface area (Å²) in [5.74, 6) is 0. The van der Waals surface area contributed by atoms with E-state index in [1.54, 1.807) is 23.2 Å². The van der Waals surface area contributed by atoms with Crippen LogP contribution in [0.3, 0.4) is 0 Å². The number of nitrogens with zero attached hydrogens (tertiary/aromatic N) is 4. The lowest BCUT2D eigenvalue weighted by molar-refractivity contribution is 0.217. The van der Waals surface area contributed by atoms with Crippen molar-refractivity contribution in [3.63, 3.8) is 0 Å². The fourth-order valence-electron chi connectivity index (χ4n) is 2.70. The second-order valence-electron chi connectivity index (χ2n) is 5.67. The lowest BCUT2D eigenvalue weighted by Crippen LogP contribution is -2.34. The lowest BCUT2D eigenvalue weighted by Gasteiger charge is -2.19. The molecule has 1 aromatic carbocycles. The van der Waals surface area contributed by atoms with Crippen molar-refractivity contribution in [2.75, 3.05) is 18.4 Å². The van der Waals surface area contributed by atoms with Crippen molar-refractivity contribution >= 4 is 17.4 Å². The second-order valence-corrected chi connectivity index (χ2v) is 5.67. The number of carbonyl (C=O) groups excluding carboxylic acids is 1. The Hall–Kier alpha value is -3.09. The normalized spacial score (nSPS) is 10.8. The minimum absolute atomic E-state index is 0.132. The number of hydrogen-bond acceptors (Lipinski definition) is 3. The molecule has 0 fully saturated rings. The first-order valence-corrected chi connectivity index (χ1v) is 8.31. The van der Waals surface area contributed by atoms with Crippen LogP contribution in [-0.4, -0.2) is 38.2 Å². The Bertz CT molecular complexity index is 940. The van der Waals surface area contributed by atoms with E-state index < -0.39 is 0 Å². The van der Waals surface area contributed by atoms with Gasteiger partial charge in [0.05, 0.1) is 6.54 Å². The molecule has 0 saturated carbocycles. The molecule has 3 aromatic rings. The fourth-order valence-corrected chi connectivity index (χ4v) is 2.70. The van der Waals surface area contributed by atoms with Gasteiger partial charge in [-0.3, -0.25) is 4.40 Å². The molecule has 0 atom stereocenters. The van der Waals surface area contributed by atoms with Crippen molar-refractivity contribution in [2.24, 2.45) is 0 Å². The molecule has 130 valence electrons. The maximum Gasteiger partial charge on any atom is 0.350 e. The van der Waals surface area contributed by atoms with E-state index in [4.69, 9.17) is 0 Å². The minimum atomic E-state index is -0.187. The molecule has 1 N–H and O–H groups in total. The molecule has 2 aromatic heterocycles. The van der Waals surface area contributed by atoms with Crippen molar-refractivity contribution in [2.45, 2.75) is 20.4 Å². The number of rotatable bonds is 5. The van der Waals surface area contributed by atoms with Gasteiger partial charge in [-0.1, -0.05) is 18.2 Å². The summed E-state index contributed by atoms with van der Waals surface area (Å²) in [6.45, 7) is 5.53. The third kappa shape index (κ3) is 3.55. The van der Waals surface area contributed by atoms with Crippen LogP contribution in [0.5, 0.6) is 0 Å². The van der Waals surface area contributed by atoms with Gasteiger partial charge in [0, 0.05) is 25.0 Å². The van der Waals surface area contributed by atoms with Crippen molar-refractivity contribution < 1.29 is 4.79 Å². The number of aromatic nitrogens is 3. The first-order valence-electron chi connectivity index (χ1n) is 8.31. The summed E-state index contributed by atoms with van der Waals surface area (Å²) in [6, 6.07) is 12.7. The first kappa shape index (κ1) is 16.8. The number of anilines is 1. The van der Waals surface area contributed by atoms with Crippen LogP contribution < -0.4 is 11.0 Å². The molecule has 3 rings (SSSR count). The second kappa shape index (κ2) is 7.21. The van der Waals surface area contributed by atoms with Crippen molar-refractivity contribution in [1.82, 2.24) is 19.1 Å². The summed E-state index contributed by atoms with van der Waals surface area (Å²) in [5, 5.41) is 7.21. The highest BCUT2D eigenvalue weighted by molar-refractivity contribution is 5.89. The van der Waals surface area contributed by atoms with Gasteiger partial charge in [0.2, 0.25) is 0 Å². The van der Waals surface area contributed by atoms with E-state index in [2.05, 4.69) is 10.4 Å². The lowest BCUT2D eigenvalue weighted by atomic mass is 10.2. The standard InChI is InChI=1S/C18H21N5O2/c1-3-21(4-2)17(24)19-15-9-7-8-14(12-15)13-23-18(25)22-11-6-5-10-16(22)20-23/h5-12H,3-4,13H2,1-2H3,(H,19,24). The number of fused-ring (bicyclic) bond motifs is 1. The summed E-state index contributed by atoms with van der Waals surface area (Å²) in [4.78, 5) is 26.2. The van der Waals surface area contributed by atoms with Crippen LogP contribution in [0.15, 0.2) is 53.5 Å². The fraction of sp³-hybridized carbons (Fsp3) is 0.278. The Balaban J connectivity index is 1.80. The summed E-state index contributed by atoms with van der Waals surface area (Å²) in [7, 11) is 0. The van der Waals surface area contributed by atoms with E-state index in [1.807, 2.05) is 44.2 Å². The molecule has 0 aliphatic rings.